The Labute approximate surface area is 182 Å². The number of rotatable bonds is 5. The first kappa shape index (κ1) is 19.7. The molecule has 1 heterocycles. The van der Waals surface area contributed by atoms with Crippen LogP contribution in [0.1, 0.15) is 34.5 Å². The van der Waals surface area contributed by atoms with Crippen LogP contribution in [0, 0.1) is 0 Å². The summed E-state index contributed by atoms with van der Waals surface area (Å²) >= 11 is 9.39. The predicted octanol–water partition coefficient (Wildman–Crippen LogP) is 5.99. The lowest BCUT2D eigenvalue weighted by Crippen LogP contribution is -2.26. The molecule has 0 saturated carbocycles. The number of fused-ring (bicyclic) bond motifs is 1. The summed E-state index contributed by atoms with van der Waals surface area (Å²) in [6.07, 6.45) is 1.80. The van der Waals surface area contributed by atoms with Crippen molar-refractivity contribution in [2.75, 3.05) is 0 Å². The van der Waals surface area contributed by atoms with E-state index >= 15 is 0 Å². The minimum atomic E-state index is -0.116. The van der Waals surface area contributed by atoms with Crippen LogP contribution >= 0.6 is 27.5 Å². The molecule has 1 amide bonds. The van der Waals surface area contributed by atoms with Crippen molar-refractivity contribution in [3.63, 3.8) is 0 Å². The highest BCUT2D eigenvalue weighted by Gasteiger charge is 2.13. The van der Waals surface area contributed by atoms with Gasteiger partial charge >= 0.3 is 0 Å². The van der Waals surface area contributed by atoms with Crippen LogP contribution in [0.2, 0.25) is 5.02 Å². The summed E-state index contributed by atoms with van der Waals surface area (Å²) in [4.78, 5) is 17.2. The van der Waals surface area contributed by atoms with E-state index < -0.39 is 0 Å². The first-order valence-corrected chi connectivity index (χ1v) is 10.4. The Morgan fingerprint density at radius 3 is 2.55 bits per heavy atom. The minimum Gasteiger partial charge on any atom is -0.346 e. The molecule has 146 valence electrons. The number of hydrogen-bond donors (Lipinski definition) is 1. The van der Waals surface area contributed by atoms with Gasteiger partial charge < -0.3 is 9.88 Å². The number of carbonyl (C=O) groups excluding carboxylic acids is 1. The lowest BCUT2D eigenvalue weighted by molar-refractivity contribution is 0.0940. The van der Waals surface area contributed by atoms with Gasteiger partial charge in [-0.3, -0.25) is 4.79 Å². The number of halogens is 2. The van der Waals surface area contributed by atoms with E-state index in [1.165, 1.54) is 0 Å². The molecule has 0 fully saturated rings. The number of hydrogen-bond acceptors (Lipinski definition) is 2. The monoisotopic (exact) mass is 467 g/mol. The van der Waals surface area contributed by atoms with Crippen molar-refractivity contribution in [3.05, 3.63) is 99.2 Å². The van der Waals surface area contributed by atoms with Gasteiger partial charge in [0.1, 0.15) is 0 Å². The van der Waals surface area contributed by atoms with E-state index in [1.807, 2.05) is 73.7 Å². The lowest BCUT2D eigenvalue weighted by Gasteiger charge is -2.14. The van der Waals surface area contributed by atoms with Gasteiger partial charge in [-0.05, 0) is 60.5 Å². The van der Waals surface area contributed by atoms with Crippen LogP contribution in [0.15, 0.2) is 77.5 Å². The molecule has 4 aromatic rings. The molecule has 29 heavy (non-hydrogen) atoms. The standard InChI is InChI=1S/C23H19BrClN3O/c1-15(17-4-7-19(24)8-5-17)27-23(29)18-6-11-22-21(12-18)26-14-28(22)13-16-2-9-20(25)10-3-16/h2-12,14-15H,13H2,1H3,(H,27,29). The van der Waals surface area contributed by atoms with Gasteiger partial charge in [0.15, 0.2) is 0 Å². The maximum Gasteiger partial charge on any atom is 0.251 e. The zero-order valence-corrected chi connectivity index (χ0v) is 18.1. The molecule has 4 nitrogen and oxygen atoms in total. The highest BCUT2D eigenvalue weighted by molar-refractivity contribution is 9.10. The number of carbonyl (C=O) groups is 1. The fraction of sp³-hybridized carbons (Fsp3) is 0.130. The van der Waals surface area contributed by atoms with E-state index in [-0.39, 0.29) is 11.9 Å². The fourth-order valence-corrected chi connectivity index (χ4v) is 3.62. The lowest BCUT2D eigenvalue weighted by atomic mass is 10.1. The van der Waals surface area contributed by atoms with Crippen molar-refractivity contribution >= 4 is 44.5 Å². The Morgan fingerprint density at radius 2 is 1.83 bits per heavy atom. The molecule has 1 unspecified atom stereocenters. The van der Waals surface area contributed by atoms with Gasteiger partial charge in [-0.2, -0.15) is 0 Å². The average Bonchev–Trinajstić information content (AvgIpc) is 3.12. The Hall–Kier alpha value is -2.63. The highest BCUT2D eigenvalue weighted by Crippen LogP contribution is 2.20. The Balaban J connectivity index is 1.50. The normalized spacial score (nSPS) is 12.1. The second-order valence-electron chi connectivity index (χ2n) is 6.95. The van der Waals surface area contributed by atoms with Crippen LogP contribution in [0.5, 0.6) is 0 Å². The van der Waals surface area contributed by atoms with Crippen LogP contribution < -0.4 is 5.32 Å². The van der Waals surface area contributed by atoms with Crippen LogP contribution in [-0.2, 0) is 6.54 Å². The van der Waals surface area contributed by atoms with Gasteiger partial charge in [0, 0.05) is 21.6 Å². The van der Waals surface area contributed by atoms with Crippen molar-refractivity contribution < 1.29 is 4.79 Å². The third-order valence-corrected chi connectivity index (χ3v) is 5.65. The molecule has 0 aliphatic heterocycles. The summed E-state index contributed by atoms with van der Waals surface area (Å²) in [6, 6.07) is 21.2. The topological polar surface area (TPSA) is 46.9 Å². The SMILES string of the molecule is CC(NC(=O)c1ccc2c(c1)ncn2Cc1ccc(Cl)cc1)c1ccc(Br)cc1. The molecule has 1 aromatic heterocycles. The fourth-order valence-electron chi connectivity index (χ4n) is 3.23. The Kier molecular flexibility index (Phi) is 5.69. The molecular formula is C23H19BrClN3O. The summed E-state index contributed by atoms with van der Waals surface area (Å²) in [5, 5.41) is 3.77. The number of imidazole rings is 1. The summed E-state index contributed by atoms with van der Waals surface area (Å²) < 4.78 is 3.07. The molecule has 0 bridgehead atoms. The quantitative estimate of drug-likeness (QED) is 0.391. The Bertz CT molecular complexity index is 1150. The number of nitrogens with zero attached hydrogens (tertiary/aromatic N) is 2. The van der Waals surface area contributed by atoms with Gasteiger partial charge in [0.25, 0.3) is 5.91 Å². The zero-order valence-electron chi connectivity index (χ0n) is 15.8. The van der Waals surface area contributed by atoms with Gasteiger partial charge in [0.2, 0.25) is 0 Å². The first-order chi connectivity index (χ1) is 14.0. The van der Waals surface area contributed by atoms with E-state index in [2.05, 4.69) is 30.8 Å². The Morgan fingerprint density at radius 1 is 1.10 bits per heavy atom. The number of nitrogens with one attached hydrogen (secondary N) is 1. The molecule has 0 spiro atoms. The minimum absolute atomic E-state index is 0.0891. The number of amides is 1. The van der Waals surface area contributed by atoms with Crippen molar-refractivity contribution in [3.8, 4) is 0 Å². The summed E-state index contributed by atoms with van der Waals surface area (Å²) in [6.45, 7) is 2.67. The molecule has 3 aromatic carbocycles. The van der Waals surface area contributed by atoms with Crippen LogP contribution in [0.25, 0.3) is 11.0 Å². The van der Waals surface area contributed by atoms with Crippen molar-refractivity contribution in [1.82, 2.24) is 14.9 Å². The zero-order chi connectivity index (χ0) is 20.4. The van der Waals surface area contributed by atoms with E-state index in [9.17, 15) is 4.79 Å². The maximum absolute atomic E-state index is 12.7. The van der Waals surface area contributed by atoms with Crippen molar-refractivity contribution in [2.24, 2.45) is 0 Å². The second kappa shape index (κ2) is 8.39. The maximum atomic E-state index is 12.7. The predicted molar refractivity (Wildman–Crippen MR) is 120 cm³/mol. The number of benzene rings is 3. The van der Waals surface area contributed by atoms with Crippen molar-refractivity contribution in [1.29, 1.82) is 0 Å². The molecule has 0 radical (unpaired) electrons. The number of aromatic nitrogens is 2. The average molecular weight is 469 g/mol. The first-order valence-electron chi connectivity index (χ1n) is 9.25. The highest BCUT2D eigenvalue weighted by atomic mass is 79.9. The molecule has 0 aliphatic carbocycles. The summed E-state index contributed by atoms with van der Waals surface area (Å²) in [5.74, 6) is -0.116. The van der Waals surface area contributed by atoms with E-state index in [4.69, 9.17) is 11.6 Å². The molecular weight excluding hydrogens is 450 g/mol. The van der Waals surface area contributed by atoms with Crippen molar-refractivity contribution in [2.45, 2.75) is 19.5 Å². The van der Waals surface area contributed by atoms with Crippen LogP contribution in [0.3, 0.4) is 0 Å². The molecule has 6 heteroatoms. The van der Waals surface area contributed by atoms with Crippen LogP contribution in [0.4, 0.5) is 0 Å². The third-order valence-electron chi connectivity index (χ3n) is 4.87. The summed E-state index contributed by atoms with van der Waals surface area (Å²) in [7, 11) is 0. The smallest absolute Gasteiger partial charge is 0.251 e. The molecule has 4 rings (SSSR count). The largest absolute Gasteiger partial charge is 0.346 e. The van der Waals surface area contributed by atoms with Gasteiger partial charge in [0.05, 0.1) is 23.4 Å². The van der Waals surface area contributed by atoms with E-state index in [0.717, 1.165) is 31.7 Å². The second-order valence-corrected chi connectivity index (χ2v) is 8.30. The molecule has 0 aliphatic rings. The van der Waals surface area contributed by atoms with Gasteiger partial charge in [-0.1, -0.05) is 51.8 Å². The van der Waals surface area contributed by atoms with E-state index in [1.54, 1.807) is 6.33 Å². The van der Waals surface area contributed by atoms with Gasteiger partial charge in [-0.25, -0.2) is 4.98 Å². The molecule has 0 saturated heterocycles. The van der Waals surface area contributed by atoms with Gasteiger partial charge in [-0.15, -0.1) is 0 Å². The molecule has 1 N–H and O–H groups in total. The van der Waals surface area contributed by atoms with E-state index in [0.29, 0.717) is 12.1 Å². The molecule has 1 atom stereocenters. The van der Waals surface area contributed by atoms with Crippen LogP contribution in [-0.4, -0.2) is 15.5 Å². The third kappa shape index (κ3) is 4.52. The summed E-state index contributed by atoms with van der Waals surface area (Å²) in [5.41, 5.74) is 4.56.